The Kier molecular flexibility index (Phi) is 6.11. The fourth-order valence-electron chi connectivity index (χ4n) is 1.80. The summed E-state index contributed by atoms with van der Waals surface area (Å²) >= 11 is 0. The van der Waals surface area contributed by atoms with Crippen molar-refractivity contribution in [2.45, 2.75) is 33.6 Å². The second-order valence-corrected chi connectivity index (χ2v) is 4.83. The Morgan fingerprint density at radius 3 is 2.74 bits per heavy atom. The van der Waals surface area contributed by atoms with Crippen molar-refractivity contribution in [3.63, 3.8) is 0 Å². The van der Waals surface area contributed by atoms with Gasteiger partial charge in [-0.2, -0.15) is 0 Å². The van der Waals surface area contributed by atoms with Gasteiger partial charge in [0.15, 0.2) is 0 Å². The molecule has 0 aliphatic rings. The van der Waals surface area contributed by atoms with Gasteiger partial charge in [0.2, 0.25) is 5.91 Å². The Morgan fingerprint density at radius 1 is 1.42 bits per heavy atom. The molecule has 0 bridgehead atoms. The van der Waals surface area contributed by atoms with E-state index in [1.54, 1.807) is 0 Å². The van der Waals surface area contributed by atoms with E-state index in [0.29, 0.717) is 12.3 Å². The number of carbonyl (C=O) groups excluding carboxylic acids is 1. The number of hydrogen-bond donors (Lipinski definition) is 2. The minimum atomic E-state index is -0.145. The summed E-state index contributed by atoms with van der Waals surface area (Å²) in [5.41, 5.74) is 2.76. The molecule has 2 N–H and O–H groups in total. The van der Waals surface area contributed by atoms with Crippen LogP contribution in [0.5, 0.6) is 0 Å². The van der Waals surface area contributed by atoms with Gasteiger partial charge in [-0.05, 0) is 36.1 Å². The average molecular weight is 259 g/mol. The molecule has 3 heteroatoms. The standard InChI is InChI=1S/C16H21NO2/c1-4-14-11-13(6-5-9-18)7-8-15(14)17-16(19)10-12(2)3/h7-8,11-12,18H,4,9-10H2,1-3H3,(H,17,19). The number of carbonyl (C=O) groups is 1. The zero-order chi connectivity index (χ0) is 14.3. The molecular weight excluding hydrogens is 238 g/mol. The second-order valence-electron chi connectivity index (χ2n) is 4.83. The minimum Gasteiger partial charge on any atom is -0.384 e. The predicted molar refractivity (Wildman–Crippen MR) is 77.9 cm³/mol. The first-order chi connectivity index (χ1) is 9.06. The maximum absolute atomic E-state index is 11.8. The molecule has 1 aromatic carbocycles. The smallest absolute Gasteiger partial charge is 0.224 e. The molecule has 0 spiro atoms. The molecule has 0 saturated heterocycles. The van der Waals surface area contributed by atoms with Crippen molar-refractivity contribution in [1.29, 1.82) is 0 Å². The molecule has 102 valence electrons. The van der Waals surface area contributed by atoms with Gasteiger partial charge in [0.25, 0.3) is 0 Å². The molecule has 1 amide bonds. The number of nitrogens with one attached hydrogen (secondary N) is 1. The fraction of sp³-hybridized carbons (Fsp3) is 0.438. The van der Waals surface area contributed by atoms with Crippen LogP contribution in [0, 0.1) is 17.8 Å². The highest BCUT2D eigenvalue weighted by Crippen LogP contribution is 2.18. The van der Waals surface area contributed by atoms with Crippen molar-refractivity contribution in [3.8, 4) is 11.8 Å². The summed E-state index contributed by atoms with van der Waals surface area (Å²) in [5, 5.41) is 11.6. The zero-order valence-corrected chi connectivity index (χ0v) is 11.8. The maximum atomic E-state index is 11.8. The quantitative estimate of drug-likeness (QED) is 0.816. The summed E-state index contributed by atoms with van der Waals surface area (Å²) in [6, 6.07) is 5.68. The highest BCUT2D eigenvalue weighted by atomic mass is 16.2. The summed E-state index contributed by atoms with van der Waals surface area (Å²) in [6.45, 7) is 5.94. The van der Waals surface area contributed by atoms with Gasteiger partial charge < -0.3 is 10.4 Å². The third kappa shape index (κ3) is 5.15. The average Bonchev–Trinajstić information content (AvgIpc) is 2.36. The van der Waals surface area contributed by atoms with Crippen LogP contribution in [0.15, 0.2) is 18.2 Å². The summed E-state index contributed by atoms with van der Waals surface area (Å²) in [5.74, 6) is 5.88. The SMILES string of the molecule is CCc1cc(C#CCO)ccc1NC(=O)CC(C)C. The van der Waals surface area contributed by atoms with Gasteiger partial charge in [-0.15, -0.1) is 0 Å². The van der Waals surface area contributed by atoms with E-state index in [1.165, 1.54) is 0 Å². The number of aliphatic hydroxyl groups excluding tert-OH is 1. The molecule has 0 heterocycles. The number of aryl methyl sites for hydroxylation is 1. The molecule has 19 heavy (non-hydrogen) atoms. The van der Waals surface area contributed by atoms with Crippen LogP contribution in [0.25, 0.3) is 0 Å². The van der Waals surface area contributed by atoms with Gasteiger partial charge in [0, 0.05) is 17.7 Å². The van der Waals surface area contributed by atoms with Crippen LogP contribution in [0.4, 0.5) is 5.69 Å². The van der Waals surface area contributed by atoms with E-state index in [0.717, 1.165) is 23.2 Å². The Hall–Kier alpha value is -1.79. The normalized spacial score (nSPS) is 9.95. The Balaban J connectivity index is 2.87. The zero-order valence-electron chi connectivity index (χ0n) is 11.8. The van der Waals surface area contributed by atoms with Crippen LogP contribution < -0.4 is 5.32 Å². The van der Waals surface area contributed by atoms with Crippen LogP contribution in [0.2, 0.25) is 0 Å². The van der Waals surface area contributed by atoms with E-state index in [9.17, 15) is 4.79 Å². The molecule has 0 fully saturated rings. The monoisotopic (exact) mass is 259 g/mol. The highest BCUT2D eigenvalue weighted by Gasteiger charge is 2.08. The first kappa shape index (κ1) is 15.3. The van der Waals surface area contributed by atoms with Gasteiger partial charge in [-0.1, -0.05) is 32.6 Å². The molecule has 0 atom stereocenters. The predicted octanol–water partition coefficient (Wildman–Crippen LogP) is 2.58. The van der Waals surface area contributed by atoms with Crippen LogP contribution in [-0.4, -0.2) is 17.6 Å². The van der Waals surface area contributed by atoms with E-state index in [-0.39, 0.29) is 12.5 Å². The summed E-state index contributed by atoms with van der Waals surface area (Å²) in [6.07, 6.45) is 1.35. The number of hydrogen-bond acceptors (Lipinski definition) is 2. The van der Waals surface area contributed by atoms with Crippen LogP contribution >= 0.6 is 0 Å². The Labute approximate surface area is 115 Å². The molecular formula is C16H21NO2. The molecule has 0 radical (unpaired) electrons. The van der Waals surface area contributed by atoms with Gasteiger partial charge in [-0.25, -0.2) is 0 Å². The molecule has 1 aromatic rings. The summed E-state index contributed by atoms with van der Waals surface area (Å²) in [7, 11) is 0. The van der Waals surface area contributed by atoms with Crippen molar-refractivity contribution in [3.05, 3.63) is 29.3 Å². The van der Waals surface area contributed by atoms with E-state index in [2.05, 4.69) is 17.2 Å². The van der Waals surface area contributed by atoms with E-state index >= 15 is 0 Å². The van der Waals surface area contributed by atoms with Crippen molar-refractivity contribution in [1.82, 2.24) is 0 Å². The topological polar surface area (TPSA) is 49.3 Å². The van der Waals surface area contributed by atoms with Crippen molar-refractivity contribution in [2.24, 2.45) is 5.92 Å². The molecule has 0 aliphatic heterocycles. The van der Waals surface area contributed by atoms with E-state index in [4.69, 9.17) is 5.11 Å². The second kappa shape index (κ2) is 7.60. The molecule has 0 saturated carbocycles. The fourth-order valence-corrected chi connectivity index (χ4v) is 1.80. The molecule has 3 nitrogen and oxygen atoms in total. The van der Waals surface area contributed by atoms with Gasteiger partial charge in [0.05, 0.1) is 0 Å². The van der Waals surface area contributed by atoms with Crippen molar-refractivity contribution >= 4 is 11.6 Å². The summed E-state index contributed by atoms with van der Waals surface area (Å²) in [4.78, 5) is 11.8. The van der Waals surface area contributed by atoms with E-state index in [1.807, 2.05) is 39.0 Å². The first-order valence-electron chi connectivity index (χ1n) is 6.59. The van der Waals surface area contributed by atoms with Crippen LogP contribution in [0.1, 0.15) is 38.3 Å². The van der Waals surface area contributed by atoms with E-state index < -0.39 is 0 Å². The lowest BCUT2D eigenvalue weighted by atomic mass is 10.1. The number of amides is 1. The molecule has 0 unspecified atom stereocenters. The van der Waals surface area contributed by atoms with Gasteiger partial charge in [-0.3, -0.25) is 4.79 Å². The highest BCUT2D eigenvalue weighted by molar-refractivity contribution is 5.91. The van der Waals surface area contributed by atoms with Gasteiger partial charge in [0.1, 0.15) is 6.61 Å². The Morgan fingerprint density at radius 2 is 2.16 bits per heavy atom. The number of anilines is 1. The van der Waals surface area contributed by atoms with Crippen LogP contribution in [0.3, 0.4) is 0 Å². The number of rotatable bonds is 4. The van der Waals surface area contributed by atoms with Crippen molar-refractivity contribution < 1.29 is 9.90 Å². The third-order valence-electron chi connectivity index (χ3n) is 2.67. The number of benzene rings is 1. The lowest BCUT2D eigenvalue weighted by Gasteiger charge is -2.11. The first-order valence-corrected chi connectivity index (χ1v) is 6.59. The minimum absolute atomic E-state index is 0.0406. The molecule has 1 rings (SSSR count). The number of aliphatic hydroxyl groups is 1. The lowest BCUT2D eigenvalue weighted by molar-refractivity contribution is -0.116. The Bertz CT molecular complexity index is 495. The third-order valence-corrected chi connectivity index (χ3v) is 2.67. The summed E-state index contributed by atoms with van der Waals surface area (Å²) < 4.78 is 0. The molecule has 0 aromatic heterocycles. The maximum Gasteiger partial charge on any atom is 0.224 e. The van der Waals surface area contributed by atoms with Crippen LogP contribution in [-0.2, 0) is 11.2 Å². The van der Waals surface area contributed by atoms with Crippen molar-refractivity contribution in [2.75, 3.05) is 11.9 Å². The van der Waals surface area contributed by atoms with Gasteiger partial charge >= 0.3 is 0 Å². The largest absolute Gasteiger partial charge is 0.384 e. The lowest BCUT2D eigenvalue weighted by Crippen LogP contribution is -2.15. The molecule has 0 aliphatic carbocycles.